The first-order valence-electron chi connectivity index (χ1n) is 6.19. The zero-order valence-corrected chi connectivity index (χ0v) is 12.0. The molecule has 2 N–H and O–H groups in total. The van der Waals surface area contributed by atoms with E-state index in [1.165, 1.54) is 6.07 Å². The minimum Gasteiger partial charge on any atom is -0.378 e. The third-order valence-corrected chi connectivity index (χ3v) is 3.54. The van der Waals surface area contributed by atoms with Crippen LogP contribution in [-0.2, 0) is 16.0 Å². The Balaban J connectivity index is 1.76. The predicted molar refractivity (Wildman–Crippen MR) is 73.4 cm³/mol. The molecule has 0 aromatic heterocycles. The van der Waals surface area contributed by atoms with Crippen molar-refractivity contribution in [3.8, 4) is 0 Å². The number of nitrogens with one attached hydrogen (secondary N) is 2. The first-order chi connectivity index (χ1) is 9.16. The number of carbonyl (C=O) groups is 1. The van der Waals surface area contributed by atoms with Crippen molar-refractivity contribution in [2.24, 2.45) is 0 Å². The highest BCUT2D eigenvalue weighted by Gasteiger charge is 2.20. The third kappa shape index (κ3) is 4.26. The summed E-state index contributed by atoms with van der Waals surface area (Å²) in [6.45, 7) is 2.28. The Morgan fingerprint density at radius 3 is 3.11 bits per heavy atom. The molecule has 2 rings (SSSR count). The Morgan fingerprint density at radius 2 is 2.42 bits per heavy atom. The molecule has 0 radical (unpaired) electrons. The second-order valence-corrected chi connectivity index (χ2v) is 5.23. The highest BCUT2D eigenvalue weighted by atomic mass is 79.9. The summed E-state index contributed by atoms with van der Waals surface area (Å²) in [4.78, 5) is 11.8. The van der Waals surface area contributed by atoms with E-state index < -0.39 is 0 Å². The third-order valence-electron chi connectivity index (χ3n) is 2.94. The Labute approximate surface area is 119 Å². The maximum absolute atomic E-state index is 13.1. The molecule has 0 spiro atoms. The number of hydrogen-bond donors (Lipinski definition) is 2. The predicted octanol–water partition coefficient (Wildman–Crippen LogP) is 1.24. The molecule has 1 heterocycles. The first-order valence-corrected chi connectivity index (χ1v) is 6.99. The van der Waals surface area contributed by atoms with E-state index in [0.29, 0.717) is 37.2 Å². The minimum atomic E-state index is -0.281. The van der Waals surface area contributed by atoms with Gasteiger partial charge in [0.2, 0.25) is 5.91 Å². The number of amides is 1. The molecule has 1 fully saturated rings. The van der Waals surface area contributed by atoms with Crippen LogP contribution in [0.25, 0.3) is 0 Å². The summed E-state index contributed by atoms with van der Waals surface area (Å²) < 4.78 is 18.7. The van der Waals surface area contributed by atoms with E-state index in [4.69, 9.17) is 4.74 Å². The van der Waals surface area contributed by atoms with Crippen molar-refractivity contribution < 1.29 is 13.9 Å². The fourth-order valence-corrected chi connectivity index (χ4v) is 2.31. The lowest BCUT2D eigenvalue weighted by molar-refractivity contribution is -0.125. The van der Waals surface area contributed by atoms with Crippen molar-refractivity contribution in [2.75, 3.05) is 26.3 Å². The number of hydrogen-bond acceptors (Lipinski definition) is 3. The molecule has 1 aliphatic heterocycles. The Hall–Kier alpha value is -0.980. The van der Waals surface area contributed by atoms with E-state index in [1.807, 2.05) is 0 Å². The Bertz CT molecular complexity index is 450. The molecule has 1 saturated heterocycles. The second kappa shape index (κ2) is 6.98. The molecule has 1 aliphatic rings. The van der Waals surface area contributed by atoms with Crippen LogP contribution in [0.5, 0.6) is 0 Å². The van der Waals surface area contributed by atoms with Crippen LogP contribution < -0.4 is 10.6 Å². The van der Waals surface area contributed by atoms with Crippen molar-refractivity contribution in [1.82, 2.24) is 10.6 Å². The van der Waals surface area contributed by atoms with Crippen LogP contribution in [0.2, 0.25) is 0 Å². The number of halogens is 2. The standard InChI is InChI=1S/C13H16BrFN2O2/c14-10-7-9(1-2-11(10)15)3-4-17-13(18)12-8-19-6-5-16-12/h1-2,7,12,16H,3-6,8H2,(H,17,18). The van der Waals surface area contributed by atoms with Crippen LogP contribution in [0.15, 0.2) is 22.7 Å². The lowest BCUT2D eigenvalue weighted by Crippen LogP contribution is -2.51. The monoisotopic (exact) mass is 330 g/mol. The number of ether oxygens (including phenoxy) is 1. The molecule has 1 unspecified atom stereocenters. The number of morpholine rings is 1. The van der Waals surface area contributed by atoms with Gasteiger partial charge in [0.15, 0.2) is 0 Å². The second-order valence-electron chi connectivity index (χ2n) is 4.37. The number of carbonyl (C=O) groups excluding carboxylic acids is 1. The molecule has 1 atom stereocenters. The van der Waals surface area contributed by atoms with E-state index in [9.17, 15) is 9.18 Å². The molecule has 0 saturated carbocycles. The van der Waals surface area contributed by atoms with Crippen LogP contribution >= 0.6 is 15.9 Å². The highest BCUT2D eigenvalue weighted by Crippen LogP contribution is 2.16. The lowest BCUT2D eigenvalue weighted by atomic mass is 10.1. The maximum atomic E-state index is 13.1. The van der Waals surface area contributed by atoms with Gasteiger partial charge in [-0.2, -0.15) is 0 Å². The van der Waals surface area contributed by atoms with Crippen molar-refractivity contribution >= 4 is 21.8 Å². The summed E-state index contributed by atoms with van der Waals surface area (Å²) in [6.07, 6.45) is 0.665. The van der Waals surface area contributed by atoms with Crippen LogP contribution in [-0.4, -0.2) is 38.3 Å². The van der Waals surface area contributed by atoms with Gasteiger partial charge in [0.05, 0.1) is 17.7 Å². The molecular weight excluding hydrogens is 315 g/mol. The van der Waals surface area contributed by atoms with Crippen molar-refractivity contribution in [3.63, 3.8) is 0 Å². The van der Waals surface area contributed by atoms with Crippen molar-refractivity contribution in [2.45, 2.75) is 12.5 Å². The largest absolute Gasteiger partial charge is 0.378 e. The molecule has 0 bridgehead atoms. The summed E-state index contributed by atoms with van der Waals surface area (Å²) in [5, 5.41) is 5.93. The molecule has 19 heavy (non-hydrogen) atoms. The van der Waals surface area contributed by atoms with Crippen LogP contribution in [0.3, 0.4) is 0 Å². The zero-order valence-electron chi connectivity index (χ0n) is 10.4. The molecule has 0 aliphatic carbocycles. The zero-order chi connectivity index (χ0) is 13.7. The molecule has 104 valence electrons. The summed E-state index contributed by atoms with van der Waals surface area (Å²) in [6, 6.07) is 4.59. The van der Waals surface area contributed by atoms with E-state index in [1.54, 1.807) is 12.1 Å². The van der Waals surface area contributed by atoms with E-state index in [0.717, 1.165) is 5.56 Å². The Morgan fingerprint density at radius 1 is 1.58 bits per heavy atom. The fourth-order valence-electron chi connectivity index (χ4n) is 1.88. The first kappa shape index (κ1) is 14.4. The van der Waals surface area contributed by atoms with Crippen LogP contribution in [0.4, 0.5) is 4.39 Å². The molecule has 4 nitrogen and oxygen atoms in total. The maximum Gasteiger partial charge on any atom is 0.239 e. The summed E-state index contributed by atoms with van der Waals surface area (Å²) in [7, 11) is 0. The quantitative estimate of drug-likeness (QED) is 0.873. The van der Waals surface area contributed by atoms with Gasteiger partial charge in [-0.05, 0) is 40.0 Å². The molecule has 1 aromatic rings. The van der Waals surface area contributed by atoms with Gasteiger partial charge in [-0.3, -0.25) is 4.79 Å². The molecular formula is C13H16BrFN2O2. The van der Waals surface area contributed by atoms with Gasteiger partial charge >= 0.3 is 0 Å². The fraction of sp³-hybridized carbons (Fsp3) is 0.462. The van der Waals surface area contributed by atoms with Gasteiger partial charge in [0.1, 0.15) is 11.9 Å². The van der Waals surface area contributed by atoms with Gasteiger partial charge in [0.25, 0.3) is 0 Å². The van der Waals surface area contributed by atoms with Crippen molar-refractivity contribution in [3.05, 3.63) is 34.1 Å². The average Bonchev–Trinajstić information content (AvgIpc) is 2.43. The summed E-state index contributed by atoms with van der Waals surface area (Å²) >= 11 is 3.14. The van der Waals surface area contributed by atoms with Gasteiger partial charge in [-0.15, -0.1) is 0 Å². The molecule has 1 aromatic carbocycles. The Kier molecular flexibility index (Phi) is 5.30. The minimum absolute atomic E-state index is 0.0547. The van der Waals surface area contributed by atoms with E-state index >= 15 is 0 Å². The average molecular weight is 331 g/mol. The van der Waals surface area contributed by atoms with E-state index in [-0.39, 0.29) is 17.8 Å². The van der Waals surface area contributed by atoms with Crippen molar-refractivity contribution in [1.29, 1.82) is 0 Å². The normalized spacial score (nSPS) is 19.2. The summed E-state index contributed by atoms with van der Waals surface area (Å²) in [5.74, 6) is -0.336. The lowest BCUT2D eigenvalue weighted by Gasteiger charge is -2.22. The number of benzene rings is 1. The van der Waals surface area contributed by atoms with E-state index in [2.05, 4.69) is 26.6 Å². The van der Waals surface area contributed by atoms with Crippen LogP contribution in [0, 0.1) is 5.82 Å². The smallest absolute Gasteiger partial charge is 0.239 e. The number of rotatable bonds is 4. The van der Waals surface area contributed by atoms with Gasteiger partial charge in [-0.1, -0.05) is 6.07 Å². The summed E-state index contributed by atoms with van der Waals surface area (Å²) in [5.41, 5.74) is 0.974. The topological polar surface area (TPSA) is 50.4 Å². The highest BCUT2D eigenvalue weighted by molar-refractivity contribution is 9.10. The SMILES string of the molecule is O=C(NCCc1ccc(F)c(Br)c1)C1COCCN1. The van der Waals surface area contributed by atoms with Crippen LogP contribution in [0.1, 0.15) is 5.56 Å². The van der Waals surface area contributed by atoms with Gasteiger partial charge in [0, 0.05) is 13.1 Å². The molecule has 6 heteroatoms. The molecule has 1 amide bonds. The van der Waals surface area contributed by atoms with Gasteiger partial charge in [-0.25, -0.2) is 4.39 Å². The van der Waals surface area contributed by atoms with Gasteiger partial charge < -0.3 is 15.4 Å².